The van der Waals surface area contributed by atoms with Gasteiger partial charge in [0.05, 0.1) is 11.6 Å². The van der Waals surface area contributed by atoms with E-state index in [2.05, 4.69) is 23.8 Å². The van der Waals surface area contributed by atoms with Crippen LogP contribution >= 0.6 is 15.2 Å². The van der Waals surface area contributed by atoms with Gasteiger partial charge in [0.1, 0.15) is 0 Å². The van der Waals surface area contributed by atoms with Gasteiger partial charge in [0.15, 0.2) is 0 Å². The van der Waals surface area contributed by atoms with E-state index in [1.54, 1.807) is 0 Å². The summed E-state index contributed by atoms with van der Waals surface area (Å²) in [5, 5.41) is 0. The molecular formula is C7H14O6P2. The Morgan fingerprint density at radius 1 is 0.800 bits per heavy atom. The van der Waals surface area contributed by atoms with Crippen LogP contribution in [0.5, 0.6) is 0 Å². The van der Waals surface area contributed by atoms with Crippen molar-refractivity contribution in [3.8, 4) is 0 Å². The molecule has 0 aliphatic carbocycles. The molecule has 0 fully saturated rings. The lowest BCUT2D eigenvalue weighted by atomic mass is 11.0. The number of hydrogen-bond acceptors (Lipinski definition) is 6. The smallest absolute Gasteiger partial charge is 0.309 e. The van der Waals surface area contributed by atoms with Gasteiger partial charge >= 0.3 is 15.2 Å². The van der Waals surface area contributed by atoms with Crippen LogP contribution in [0, 0.1) is 0 Å². The van der Waals surface area contributed by atoms with Crippen molar-refractivity contribution in [1.29, 1.82) is 0 Å². The highest BCUT2D eigenvalue weighted by molar-refractivity contribution is 7.58. The van der Waals surface area contributed by atoms with E-state index in [4.69, 9.17) is 0 Å². The van der Waals surface area contributed by atoms with Crippen molar-refractivity contribution in [2.45, 2.75) is 0 Å². The summed E-state index contributed by atoms with van der Waals surface area (Å²) in [5.74, 6) is 2.08. The van der Waals surface area contributed by atoms with Gasteiger partial charge in [-0.05, 0) is 0 Å². The van der Waals surface area contributed by atoms with E-state index < -0.39 is 15.2 Å². The summed E-state index contributed by atoms with van der Waals surface area (Å²) in [5.41, 5.74) is 2.39. The lowest BCUT2D eigenvalue weighted by molar-refractivity contribution is 0.286. The molecule has 0 aliphatic heterocycles. The summed E-state index contributed by atoms with van der Waals surface area (Å²) >= 11 is 0. The molecule has 0 bridgehead atoms. The van der Waals surface area contributed by atoms with Crippen molar-refractivity contribution in [1.82, 2.24) is 0 Å². The van der Waals surface area contributed by atoms with Crippen LogP contribution in [-0.4, -0.2) is 28.4 Å². The minimum Gasteiger partial charge on any atom is -0.309 e. The predicted octanol–water partition coefficient (Wildman–Crippen LogP) is 2.58. The summed E-state index contributed by atoms with van der Waals surface area (Å²) in [6.45, 7) is 0. The Labute approximate surface area is 88.9 Å². The van der Waals surface area contributed by atoms with E-state index >= 15 is 0 Å². The van der Waals surface area contributed by atoms with Gasteiger partial charge in [-0.25, -0.2) is 0 Å². The van der Waals surface area contributed by atoms with Gasteiger partial charge in [0.2, 0.25) is 0 Å². The van der Waals surface area contributed by atoms with Crippen LogP contribution in [0.1, 0.15) is 0 Å². The van der Waals surface area contributed by atoms with E-state index in [1.165, 1.54) is 28.4 Å². The van der Waals surface area contributed by atoms with Gasteiger partial charge in [-0.15, -0.1) is 5.73 Å². The van der Waals surface area contributed by atoms with E-state index in [1.807, 2.05) is 0 Å². The summed E-state index contributed by atoms with van der Waals surface area (Å²) < 4.78 is 41.3. The molecule has 88 valence electrons. The Morgan fingerprint density at radius 3 is 1.27 bits per heavy atom. The van der Waals surface area contributed by atoms with Crippen molar-refractivity contribution >= 4 is 15.2 Å². The average Bonchev–Trinajstić information content (AvgIpc) is 2.28. The van der Waals surface area contributed by atoms with E-state index in [0.29, 0.717) is 0 Å². The molecule has 0 N–H and O–H groups in total. The fourth-order valence-corrected chi connectivity index (χ4v) is 1.93. The van der Waals surface area contributed by atoms with Crippen molar-refractivity contribution < 1.29 is 27.2 Å². The van der Waals surface area contributed by atoms with E-state index in [0.717, 1.165) is 11.6 Å². The summed E-state index contributed by atoms with van der Waals surface area (Å²) in [7, 11) is -1.65. The first-order chi connectivity index (χ1) is 6.95. The summed E-state index contributed by atoms with van der Waals surface area (Å²) in [4.78, 5) is 0. The molecule has 0 spiro atoms. The Hall–Kier alpha value is -0.180. The fourth-order valence-electron chi connectivity index (χ4n) is 0.576. The summed E-state index contributed by atoms with van der Waals surface area (Å²) in [6, 6.07) is 0. The SMILES string of the molecule is COP(=O)(C=C=CP(=O)(OC)OC)OC. The van der Waals surface area contributed by atoms with Crippen LogP contribution in [0.3, 0.4) is 0 Å². The maximum atomic E-state index is 11.5. The molecule has 0 amide bonds. The molecule has 15 heavy (non-hydrogen) atoms. The zero-order chi connectivity index (χ0) is 11.9. The van der Waals surface area contributed by atoms with Crippen molar-refractivity contribution in [3.05, 3.63) is 17.4 Å². The highest BCUT2D eigenvalue weighted by Crippen LogP contribution is 2.50. The molecule has 0 atom stereocenters. The molecule has 0 aromatic heterocycles. The zero-order valence-corrected chi connectivity index (χ0v) is 10.8. The molecule has 0 unspecified atom stereocenters. The Morgan fingerprint density at radius 2 is 1.07 bits per heavy atom. The lowest BCUT2D eigenvalue weighted by Crippen LogP contribution is -1.83. The van der Waals surface area contributed by atoms with E-state index in [9.17, 15) is 9.13 Å². The molecule has 0 radical (unpaired) electrons. The maximum absolute atomic E-state index is 11.5. The minimum absolute atomic E-state index is 1.04. The zero-order valence-electron chi connectivity index (χ0n) is 9.00. The second-order valence-electron chi connectivity index (χ2n) is 2.23. The Kier molecular flexibility index (Phi) is 6.34. The first kappa shape index (κ1) is 14.8. The second-order valence-corrected chi connectivity index (χ2v) is 6.37. The van der Waals surface area contributed by atoms with Gasteiger partial charge in [-0.2, -0.15) is 0 Å². The highest BCUT2D eigenvalue weighted by Gasteiger charge is 2.18. The third kappa shape index (κ3) is 4.92. The van der Waals surface area contributed by atoms with Crippen LogP contribution in [0.2, 0.25) is 0 Å². The highest BCUT2D eigenvalue weighted by atomic mass is 31.2. The minimum atomic E-state index is -3.29. The largest absolute Gasteiger partial charge is 0.361 e. The first-order valence-electron chi connectivity index (χ1n) is 3.82. The normalized spacial score (nSPS) is 12.0. The van der Waals surface area contributed by atoms with Gasteiger partial charge in [0, 0.05) is 28.4 Å². The quantitative estimate of drug-likeness (QED) is 0.537. The van der Waals surface area contributed by atoms with Crippen LogP contribution < -0.4 is 0 Å². The van der Waals surface area contributed by atoms with Crippen LogP contribution in [-0.2, 0) is 27.2 Å². The van der Waals surface area contributed by atoms with Crippen molar-refractivity contribution in [3.63, 3.8) is 0 Å². The van der Waals surface area contributed by atoms with Crippen LogP contribution in [0.25, 0.3) is 0 Å². The lowest BCUT2D eigenvalue weighted by Gasteiger charge is -2.07. The van der Waals surface area contributed by atoms with Gasteiger partial charge in [-0.1, -0.05) is 0 Å². The summed E-state index contributed by atoms with van der Waals surface area (Å²) in [6.07, 6.45) is 0. The number of hydrogen-bond donors (Lipinski definition) is 0. The predicted molar refractivity (Wildman–Crippen MR) is 55.9 cm³/mol. The topological polar surface area (TPSA) is 71.1 Å². The molecule has 0 rings (SSSR count). The van der Waals surface area contributed by atoms with Crippen LogP contribution in [0.4, 0.5) is 0 Å². The standard InChI is InChI=1S/C7H14O6P2/c1-10-14(8,11-2)6-5-7-15(9,12-3)13-4/h6-7H,1-4H3. The van der Waals surface area contributed by atoms with Gasteiger partial charge < -0.3 is 18.1 Å². The molecule has 0 heterocycles. The monoisotopic (exact) mass is 256 g/mol. The molecule has 0 aromatic rings. The molecular weight excluding hydrogens is 242 g/mol. The van der Waals surface area contributed by atoms with Crippen molar-refractivity contribution in [2.75, 3.05) is 28.4 Å². The number of rotatable bonds is 6. The average molecular weight is 256 g/mol. The fraction of sp³-hybridized carbons (Fsp3) is 0.571. The molecule has 8 heteroatoms. The molecule has 6 nitrogen and oxygen atoms in total. The van der Waals surface area contributed by atoms with E-state index in [-0.39, 0.29) is 0 Å². The Bertz CT molecular complexity index is 297. The van der Waals surface area contributed by atoms with Gasteiger partial charge in [-0.3, -0.25) is 9.13 Å². The molecule has 0 saturated heterocycles. The van der Waals surface area contributed by atoms with Crippen LogP contribution in [0.15, 0.2) is 17.4 Å². The first-order valence-corrected chi connectivity index (χ1v) is 7.05. The Balaban J connectivity index is 4.86. The van der Waals surface area contributed by atoms with Crippen molar-refractivity contribution in [2.24, 2.45) is 0 Å². The maximum Gasteiger partial charge on any atom is 0.361 e. The molecule has 0 aromatic carbocycles. The molecule has 0 saturated carbocycles. The van der Waals surface area contributed by atoms with Gasteiger partial charge in [0.25, 0.3) is 0 Å². The second kappa shape index (κ2) is 6.41. The third-order valence-electron chi connectivity index (χ3n) is 1.48. The third-order valence-corrected chi connectivity index (χ3v) is 4.45. The molecule has 0 aliphatic rings.